The average molecular weight is 379 g/mol. The van der Waals surface area contributed by atoms with Gasteiger partial charge in [-0.25, -0.2) is 0 Å². The van der Waals surface area contributed by atoms with Crippen LogP contribution in [0.5, 0.6) is 5.75 Å². The van der Waals surface area contributed by atoms with Crippen molar-refractivity contribution in [3.63, 3.8) is 0 Å². The zero-order valence-corrected chi connectivity index (χ0v) is 15.4. The van der Waals surface area contributed by atoms with Crippen LogP contribution in [0.1, 0.15) is 24.5 Å². The second-order valence-corrected chi connectivity index (χ2v) is 6.95. The van der Waals surface area contributed by atoms with Gasteiger partial charge in [-0.1, -0.05) is 6.92 Å². The summed E-state index contributed by atoms with van der Waals surface area (Å²) in [7, 11) is 6.00. The molecular formula is C17H24BBrN2O2. The van der Waals surface area contributed by atoms with Gasteiger partial charge in [-0.05, 0) is 65.5 Å². The first-order valence-corrected chi connectivity index (χ1v) is 9.29. The molecule has 2 radical (unpaired) electrons. The summed E-state index contributed by atoms with van der Waals surface area (Å²) < 4.78 is 12.8. The lowest BCUT2D eigenvalue weighted by Gasteiger charge is -2.33. The SMILES string of the molecule is [B]N1CCc2cc3c(c(Br)c2CC1)N(CCOCCC)CCO3. The number of rotatable bonds is 5. The highest BCUT2D eigenvalue weighted by Crippen LogP contribution is 2.43. The summed E-state index contributed by atoms with van der Waals surface area (Å²) in [6.45, 7) is 8.05. The molecule has 0 saturated heterocycles. The molecule has 0 unspecified atom stereocenters. The quantitative estimate of drug-likeness (QED) is 0.580. The number of benzene rings is 1. The Morgan fingerprint density at radius 1 is 1.26 bits per heavy atom. The minimum atomic E-state index is 0.731. The van der Waals surface area contributed by atoms with Gasteiger partial charge in [-0.3, -0.25) is 0 Å². The van der Waals surface area contributed by atoms with Crippen LogP contribution in [0.2, 0.25) is 0 Å². The van der Waals surface area contributed by atoms with Crippen molar-refractivity contribution >= 4 is 29.6 Å². The average Bonchev–Trinajstić information content (AvgIpc) is 2.74. The molecule has 4 nitrogen and oxygen atoms in total. The number of hydrogen-bond acceptors (Lipinski definition) is 4. The molecule has 6 heteroatoms. The van der Waals surface area contributed by atoms with E-state index in [0.29, 0.717) is 0 Å². The first kappa shape index (κ1) is 17.1. The molecule has 0 atom stereocenters. The molecule has 2 heterocycles. The van der Waals surface area contributed by atoms with E-state index < -0.39 is 0 Å². The Kier molecular flexibility index (Phi) is 5.88. The normalized spacial score (nSPS) is 18.1. The summed E-state index contributed by atoms with van der Waals surface area (Å²) in [5.74, 6) is 0.989. The molecule has 2 aliphatic rings. The predicted molar refractivity (Wildman–Crippen MR) is 97.7 cm³/mol. The second-order valence-electron chi connectivity index (χ2n) is 6.16. The van der Waals surface area contributed by atoms with Crippen LogP contribution < -0.4 is 9.64 Å². The minimum Gasteiger partial charge on any atom is -0.490 e. The summed E-state index contributed by atoms with van der Waals surface area (Å²) in [6.07, 6.45) is 3.01. The first-order valence-electron chi connectivity index (χ1n) is 8.50. The molecule has 1 aromatic rings. The lowest BCUT2D eigenvalue weighted by atomic mass is 10.0. The van der Waals surface area contributed by atoms with Gasteiger partial charge < -0.3 is 19.2 Å². The van der Waals surface area contributed by atoms with Gasteiger partial charge in [0.25, 0.3) is 0 Å². The first-order chi connectivity index (χ1) is 11.2. The third-order valence-electron chi connectivity index (χ3n) is 4.51. The van der Waals surface area contributed by atoms with Crippen molar-refractivity contribution in [3.05, 3.63) is 21.7 Å². The van der Waals surface area contributed by atoms with Crippen LogP contribution in [0.3, 0.4) is 0 Å². The fourth-order valence-electron chi connectivity index (χ4n) is 3.26. The van der Waals surface area contributed by atoms with E-state index in [9.17, 15) is 0 Å². The summed E-state index contributed by atoms with van der Waals surface area (Å²) in [4.78, 5) is 4.28. The van der Waals surface area contributed by atoms with Gasteiger partial charge in [0.1, 0.15) is 12.4 Å². The molecule has 0 saturated carbocycles. The molecule has 0 N–H and O–H groups in total. The topological polar surface area (TPSA) is 24.9 Å². The van der Waals surface area contributed by atoms with E-state index in [-0.39, 0.29) is 0 Å². The summed E-state index contributed by atoms with van der Waals surface area (Å²) >= 11 is 3.85. The van der Waals surface area contributed by atoms with Crippen LogP contribution in [-0.4, -0.2) is 58.8 Å². The molecule has 0 fully saturated rings. The van der Waals surface area contributed by atoms with Gasteiger partial charge in [-0.15, -0.1) is 0 Å². The smallest absolute Gasteiger partial charge is 0.182 e. The maximum atomic E-state index is 6.00. The second kappa shape index (κ2) is 7.91. The van der Waals surface area contributed by atoms with E-state index in [4.69, 9.17) is 17.5 Å². The Morgan fingerprint density at radius 3 is 2.91 bits per heavy atom. The van der Waals surface area contributed by atoms with E-state index in [1.54, 1.807) is 0 Å². The highest BCUT2D eigenvalue weighted by molar-refractivity contribution is 9.10. The third-order valence-corrected chi connectivity index (χ3v) is 5.36. The zero-order chi connectivity index (χ0) is 16.2. The van der Waals surface area contributed by atoms with Gasteiger partial charge in [0.05, 0.1) is 18.8 Å². The minimum absolute atomic E-state index is 0.731. The van der Waals surface area contributed by atoms with Crippen molar-refractivity contribution in [2.45, 2.75) is 26.2 Å². The number of nitrogens with zero attached hydrogens (tertiary/aromatic N) is 2. The van der Waals surface area contributed by atoms with Gasteiger partial charge >= 0.3 is 0 Å². The van der Waals surface area contributed by atoms with Crippen LogP contribution in [0.25, 0.3) is 0 Å². The van der Waals surface area contributed by atoms with Crippen LogP contribution in [0.15, 0.2) is 10.5 Å². The fraction of sp³-hybridized carbons (Fsp3) is 0.647. The summed E-state index contributed by atoms with van der Waals surface area (Å²) in [5, 5.41) is 0. The standard InChI is InChI=1S/C17H24BBrN2O2/c1-2-9-22-10-7-20-8-11-23-15-12-13-3-5-21(18)6-4-14(13)16(19)17(15)20/h12H,2-11H2,1H3. The molecule has 0 bridgehead atoms. The third kappa shape index (κ3) is 3.86. The largest absolute Gasteiger partial charge is 0.490 e. The molecular weight excluding hydrogens is 355 g/mol. The van der Waals surface area contributed by atoms with E-state index in [1.165, 1.54) is 21.3 Å². The van der Waals surface area contributed by atoms with E-state index in [1.807, 2.05) is 4.81 Å². The number of hydrogen-bond donors (Lipinski definition) is 0. The van der Waals surface area contributed by atoms with Crippen molar-refractivity contribution in [3.8, 4) is 5.75 Å². The molecule has 23 heavy (non-hydrogen) atoms. The molecule has 0 spiro atoms. The Bertz CT molecular complexity index is 556. The predicted octanol–water partition coefficient (Wildman–Crippen LogP) is 2.56. The zero-order valence-electron chi connectivity index (χ0n) is 13.8. The number of ether oxygens (including phenoxy) is 2. The van der Waals surface area contributed by atoms with Crippen LogP contribution >= 0.6 is 15.9 Å². The monoisotopic (exact) mass is 378 g/mol. The number of anilines is 1. The molecule has 1 aromatic carbocycles. The van der Waals surface area contributed by atoms with Crippen molar-refractivity contribution in [1.82, 2.24) is 4.81 Å². The lowest BCUT2D eigenvalue weighted by Crippen LogP contribution is -2.36. The maximum Gasteiger partial charge on any atom is 0.182 e. The molecule has 124 valence electrons. The van der Waals surface area contributed by atoms with E-state index >= 15 is 0 Å². The molecule has 2 aliphatic heterocycles. The fourth-order valence-corrected chi connectivity index (χ4v) is 4.16. The Hall–Kier alpha value is -0.715. The van der Waals surface area contributed by atoms with Crippen molar-refractivity contribution in [2.24, 2.45) is 0 Å². The molecule has 0 aliphatic carbocycles. The summed E-state index contributed by atoms with van der Waals surface area (Å²) in [6, 6.07) is 2.22. The maximum absolute atomic E-state index is 6.00. The van der Waals surface area contributed by atoms with Gasteiger partial charge in [0, 0.05) is 17.6 Å². The highest BCUT2D eigenvalue weighted by Gasteiger charge is 2.26. The van der Waals surface area contributed by atoms with E-state index in [0.717, 1.165) is 71.0 Å². The Balaban J connectivity index is 1.84. The van der Waals surface area contributed by atoms with Gasteiger partial charge in [0.2, 0.25) is 0 Å². The van der Waals surface area contributed by atoms with Crippen LogP contribution in [-0.2, 0) is 17.6 Å². The molecule has 0 aromatic heterocycles. The van der Waals surface area contributed by atoms with Crippen molar-refractivity contribution in [1.29, 1.82) is 0 Å². The van der Waals surface area contributed by atoms with Gasteiger partial charge in [-0.2, -0.15) is 0 Å². The Labute approximate surface area is 148 Å². The Morgan fingerprint density at radius 2 is 2.09 bits per heavy atom. The van der Waals surface area contributed by atoms with Crippen molar-refractivity contribution < 1.29 is 9.47 Å². The lowest BCUT2D eigenvalue weighted by molar-refractivity contribution is 0.139. The van der Waals surface area contributed by atoms with Gasteiger partial charge in [0.15, 0.2) is 7.98 Å². The molecule has 3 rings (SSSR count). The number of halogens is 1. The number of fused-ring (bicyclic) bond motifs is 2. The van der Waals surface area contributed by atoms with E-state index in [2.05, 4.69) is 33.8 Å². The summed E-state index contributed by atoms with van der Waals surface area (Å²) in [5.41, 5.74) is 3.91. The van der Waals surface area contributed by atoms with Crippen molar-refractivity contribution in [2.75, 3.05) is 50.9 Å². The van der Waals surface area contributed by atoms with Crippen LogP contribution in [0, 0.1) is 0 Å². The van der Waals surface area contributed by atoms with Crippen LogP contribution in [0.4, 0.5) is 5.69 Å². The highest BCUT2D eigenvalue weighted by atomic mass is 79.9. The molecule has 0 amide bonds.